The number of benzene rings is 3. The van der Waals surface area contributed by atoms with Crippen molar-refractivity contribution in [3.63, 3.8) is 0 Å². The van der Waals surface area contributed by atoms with Crippen LogP contribution < -0.4 is 5.32 Å². The van der Waals surface area contributed by atoms with Gasteiger partial charge in [-0.2, -0.15) is 0 Å². The minimum Gasteiger partial charge on any atom is -0.447 e. The Balaban J connectivity index is 1.33. The van der Waals surface area contributed by atoms with E-state index < -0.39 is 36.8 Å². The topological polar surface area (TPSA) is 105 Å². The lowest BCUT2D eigenvalue weighted by Gasteiger charge is -2.45. The zero-order chi connectivity index (χ0) is 34.8. The average Bonchev–Trinajstić information content (AvgIpc) is 3.57. The SMILES string of the molecule is C=CCCCO[C@H]1O[C@H](COC(=O)NCCCN2CCCC2=O)[C@@H](OCc2ccccc2)[C@H](OCc2ccccc2)[C@@H]1OCc1ccccc1. The van der Waals surface area contributed by atoms with Crippen LogP contribution in [0.4, 0.5) is 4.79 Å². The number of carbonyl (C=O) groups excluding carboxylic acids is 2. The van der Waals surface area contributed by atoms with Crippen molar-refractivity contribution < 1.29 is 38.0 Å². The van der Waals surface area contributed by atoms with Gasteiger partial charge >= 0.3 is 6.09 Å². The third-order valence-corrected chi connectivity index (χ3v) is 8.71. The summed E-state index contributed by atoms with van der Waals surface area (Å²) in [7, 11) is 0. The summed E-state index contributed by atoms with van der Waals surface area (Å²) in [6, 6.07) is 29.7. The molecule has 5 rings (SSSR count). The fraction of sp³-hybridized carbons (Fsp3) is 0.450. The van der Waals surface area contributed by atoms with Gasteiger partial charge in [-0.15, -0.1) is 6.58 Å². The van der Waals surface area contributed by atoms with Crippen molar-refractivity contribution in [1.82, 2.24) is 10.2 Å². The average molecular weight is 687 g/mol. The number of carbonyl (C=O) groups is 2. The van der Waals surface area contributed by atoms with Crippen LogP contribution in [0.2, 0.25) is 0 Å². The fourth-order valence-electron chi connectivity index (χ4n) is 6.05. The molecule has 0 unspecified atom stereocenters. The zero-order valence-electron chi connectivity index (χ0n) is 28.7. The maximum Gasteiger partial charge on any atom is 0.407 e. The van der Waals surface area contributed by atoms with Gasteiger partial charge in [-0.25, -0.2) is 4.79 Å². The van der Waals surface area contributed by atoms with Crippen molar-refractivity contribution in [3.8, 4) is 0 Å². The molecule has 2 fully saturated rings. The maximum atomic E-state index is 12.9. The number of nitrogens with one attached hydrogen (secondary N) is 1. The highest BCUT2D eigenvalue weighted by Crippen LogP contribution is 2.31. The van der Waals surface area contributed by atoms with Gasteiger partial charge in [-0.1, -0.05) is 97.1 Å². The predicted octanol–water partition coefficient (Wildman–Crippen LogP) is 6.19. The summed E-state index contributed by atoms with van der Waals surface area (Å²) in [6.45, 7) is 6.80. The van der Waals surface area contributed by atoms with E-state index in [1.807, 2.05) is 102 Å². The summed E-state index contributed by atoms with van der Waals surface area (Å²) in [5, 5.41) is 2.81. The lowest BCUT2D eigenvalue weighted by atomic mass is 9.97. The molecule has 10 heteroatoms. The summed E-state index contributed by atoms with van der Waals surface area (Å²) in [6.07, 6.45) is 1.40. The second kappa shape index (κ2) is 20.6. The summed E-state index contributed by atoms with van der Waals surface area (Å²) in [4.78, 5) is 26.6. The minimum atomic E-state index is -0.824. The van der Waals surface area contributed by atoms with Crippen LogP contribution in [0.15, 0.2) is 104 Å². The molecule has 268 valence electrons. The fourth-order valence-corrected chi connectivity index (χ4v) is 6.05. The monoisotopic (exact) mass is 686 g/mol. The molecule has 50 heavy (non-hydrogen) atoms. The van der Waals surface area contributed by atoms with Crippen LogP contribution in [0.3, 0.4) is 0 Å². The van der Waals surface area contributed by atoms with E-state index in [9.17, 15) is 9.59 Å². The Morgan fingerprint density at radius 1 is 0.800 bits per heavy atom. The third kappa shape index (κ3) is 11.8. The van der Waals surface area contributed by atoms with Crippen LogP contribution in [0.25, 0.3) is 0 Å². The highest BCUT2D eigenvalue weighted by molar-refractivity contribution is 5.78. The summed E-state index contributed by atoms with van der Waals surface area (Å²) < 4.78 is 38.5. The molecule has 2 heterocycles. The van der Waals surface area contributed by atoms with Crippen LogP contribution in [0.5, 0.6) is 0 Å². The first-order chi connectivity index (χ1) is 24.6. The molecule has 5 atom stereocenters. The molecule has 2 aliphatic heterocycles. The number of likely N-dealkylation sites (tertiary alicyclic amines) is 1. The molecule has 3 aromatic carbocycles. The number of amides is 2. The molecule has 10 nitrogen and oxygen atoms in total. The largest absolute Gasteiger partial charge is 0.447 e. The van der Waals surface area contributed by atoms with E-state index >= 15 is 0 Å². The molecule has 0 aromatic heterocycles. The van der Waals surface area contributed by atoms with Gasteiger partial charge in [0, 0.05) is 26.1 Å². The molecule has 0 bridgehead atoms. The van der Waals surface area contributed by atoms with Gasteiger partial charge in [0.2, 0.25) is 5.91 Å². The van der Waals surface area contributed by atoms with Crippen molar-refractivity contribution >= 4 is 12.0 Å². The van der Waals surface area contributed by atoms with Crippen LogP contribution in [0.1, 0.15) is 48.8 Å². The zero-order valence-corrected chi connectivity index (χ0v) is 28.7. The Labute approximate surface area is 295 Å². The Bertz CT molecular complexity index is 1430. The van der Waals surface area contributed by atoms with E-state index in [0.29, 0.717) is 45.8 Å². The van der Waals surface area contributed by atoms with Crippen molar-refractivity contribution in [1.29, 1.82) is 0 Å². The lowest BCUT2D eigenvalue weighted by Crippen LogP contribution is -2.62. The van der Waals surface area contributed by atoms with Crippen molar-refractivity contribution in [2.75, 3.05) is 32.8 Å². The summed E-state index contributed by atoms with van der Waals surface area (Å²) in [5.74, 6) is 0.167. The van der Waals surface area contributed by atoms with E-state index in [1.165, 1.54) is 0 Å². The summed E-state index contributed by atoms with van der Waals surface area (Å²) >= 11 is 0. The molecule has 2 saturated heterocycles. The Hall–Kier alpha value is -4.06. The molecule has 0 radical (unpaired) electrons. The number of hydrogen-bond donors (Lipinski definition) is 1. The van der Waals surface area contributed by atoms with Crippen LogP contribution in [-0.2, 0) is 53.0 Å². The lowest BCUT2D eigenvalue weighted by molar-refractivity contribution is -0.326. The molecular formula is C40H50N2O8. The summed E-state index contributed by atoms with van der Waals surface area (Å²) in [5.41, 5.74) is 2.97. The highest BCUT2D eigenvalue weighted by atomic mass is 16.7. The van der Waals surface area contributed by atoms with Gasteiger partial charge in [-0.05, 0) is 42.4 Å². The van der Waals surface area contributed by atoms with E-state index in [1.54, 1.807) is 0 Å². The Kier molecular flexibility index (Phi) is 15.3. The van der Waals surface area contributed by atoms with Gasteiger partial charge in [0.05, 0.1) is 26.4 Å². The van der Waals surface area contributed by atoms with Gasteiger partial charge in [0.15, 0.2) is 6.29 Å². The second-order valence-corrected chi connectivity index (χ2v) is 12.5. The normalized spacial score (nSPS) is 22.0. The Morgan fingerprint density at radius 3 is 1.94 bits per heavy atom. The van der Waals surface area contributed by atoms with Gasteiger partial charge < -0.3 is 38.6 Å². The number of alkyl carbamates (subject to hydrolysis) is 1. The number of allylic oxidation sites excluding steroid dienone is 1. The van der Waals surface area contributed by atoms with Crippen LogP contribution in [0, 0.1) is 0 Å². The standard InChI is InChI=1S/C40H50N2O8/c1-2-3-13-26-45-39-38(48-29-33-20-11-6-12-21-33)37(47-28-32-18-9-5-10-19-32)36(46-27-31-16-7-4-8-17-31)34(50-39)30-49-40(44)41-23-15-25-42-24-14-22-35(42)43/h2,4-12,16-21,34,36-39H,1,3,13-15,22-30H2,(H,41,44)/t34-,36-,37+,38+,39+/m1/s1. The maximum absolute atomic E-state index is 12.9. The number of nitrogens with zero attached hydrogens (tertiary/aromatic N) is 1. The van der Waals surface area contributed by atoms with Crippen molar-refractivity contribution in [2.24, 2.45) is 0 Å². The molecule has 2 aliphatic rings. The molecule has 1 N–H and O–H groups in total. The first kappa shape index (κ1) is 37.2. The van der Waals surface area contributed by atoms with Gasteiger partial charge in [0.1, 0.15) is 31.0 Å². The first-order valence-corrected chi connectivity index (χ1v) is 17.6. The van der Waals surface area contributed by atoms with E-state index in [0.717, 1.165) is 42.5 Å². The number of hydrogen-bond acceptors (Lipinski definition) is 8. The quantitative estimate of drug-likeness (QED) is 0.111. The number of rotatable bonds is 20. The predicted molar refractivity (Wildman–Crippen MR) is 189 cm³/mol. The van der Waals surface area contributed by atoms with E-state index in [2.05, 4.69) is 11.9 Å². The van der Waals surface area contributed by atoms with E-state index in [4.69, 9.17) is 28.4 Å². The molecule has 0 spiro atoms. The number of unbranched alkanes of at least 4 members (excludes halogenated alkanes) is 1. The highest BCUT2D eigenvalue weighted by Gasteiger charge is 2.49. The molecule has 0 saturated carbocycles. The van der Waals surface area contributed by atoms with E-state index in [-0.39, 0.29) is 19.1 Å². The second-order valence-electron chi connectivity index (χ2n) is 12.5. The first-order valence-electron chi connectivity index (χ1n) is 17.6. The van der Waals surface area contributed by atoms with Gasteiger partial charge in [0.25, 0.3) is 0 Å². The number of ether oxygens (including phenoxy) is 6. The smallest absolute Gasteiger partial charge is 0.407 e. The molecular weight excluding hydrogens is 636 g/mol. The third-order valence-electron chi connectivity index (χ3n) is 8.71. The van der Waals surface area contributed by atoms with Crippen LogP contribution >= 0.6 is 0 Å². The molecule has 3 aromatic rings. The van der Waals surface area contributed by atoms with Crippen LogP contribution in [-0.4, -0.2) is 80.5 Å². The van der Waals surface area contributed by atoms with Gasteiger partial charge in [-0.3, -0.25) is 4.79 Å². The minimum absolute atomic E-state index is 0.0982. The molecule has 0 aliphatic carbocycles. The van der Waals surface area contributed by atoms with Crippen molar-refractivity contribution in [3.05, 3.63) is 120 Å². The molecule has 2 amide bonds. The van der Waals surface area contributed by atoms with Crippen molar-refractivity contribution in [2.45, 2.75) is 82.6 Å². The Morgan fingerprint density at radius 2 is 1.38 bits per heavy atom.